The molecule has 0 heterocycles. The van der Waals surface area contributed by atoms with Gasteiger partial charge in [0.2, 0.25) is 5.91 Å². The number of carbonyl (C=O) groups is 1. The molecule has 0 radical (unpaired) electrons. The Bertz CT molecular complexity index is 519. The Morgan fingerprint density at radius 2 is 1.62 bits per heavy atom. The van der Waals surface area contributed by atoms with Gasteiger partial charge in [0, 0.05) is 19.2 Å². The molecule has 112 valence electrons. The van der Waals surface area contributed by atoms with Crippen LogP contribution in [0.2, 0.25) is 0 Å². The minimum Gasteiger partial charge on any atom is -0.332 e. The molecule has 0 aliphatic rings. The van der Waals surface area contributed by atoms with Crippen molar-refractivity contribution in [2.45, 2.75) is 6.18 Å². The molecule has 0 aromatic heterocycles. The van der Waals surface area contributed by atoms with Crippen LogP contribution in [0.25, 0.3) is 6.08 Å². The topological polar surface area (TPSA) is 20.3 Å². The minimum absolute atomic E-state index is 0.255. The Labute approximate surface area is 121 Å². The van der Waals surface area contributed by atoms with Gasteiger partial charge >= 0.3 is 6.18 Å². The van der Waals surface area contributed by atoms with E-state index in [1.54, 1.807) is 12.2 Å². The second-order valence-electron chi connectivity index (χ2n) is 4.27. The smallest absolute Gasteiger partial charge is 0.332 e. The fourth-order valence-corrected chi connectivity index (χ4v) is 1.62. The van der Waals surface area contributed by atoms with E-state index in [2.05, 4.69) is 13.2 Å². The third-order valence-corrected chi connectivity index (χ3v) is 2.67. The largest absolute Gasteiger partial charge is 0.416 e. The monoisotopic (exact) mass is 295 g/mol. The third-order valence-electron chi connectivity index (χ3n) is 2.67. The zero-order valence-corrected chi connectivity index (χ0v) is 11.4. The number of benzene rings is 1. The first kappa shape index (κ1) is 16.8. The Morgan fingerprint density at radius 3 is 2.05 bits per heavy atom. The molecule has 0 saturated carbocycles. The maximum absolute atomic E-state index is 12.4. The number of rotatable bonds is 6. The quantitative estimate of drug-likeness (QED) is 0.575. The molecule has 0 fully saturated rings. The first-order valence-electron chi connectivity index (χ1n) is 6.24. The molecular weight excluding hydrogens is 279 g/mol. The molecule has 1 aromatic rings. The lowest BCUT2D eigenvalue weighted by Crippen LogP contribution is -2.29. The number of carbonyl (C=O) groups excluding carboxylic acids is 1. The SMILES string of the molecule is C=CCN(CC=C)C(=O)/C=C/c1ccc(C(F)(F)F)cc1. The van der Waals surface area contributed by atoms with E-state index >= 15 is 0 Å². The van der Waals surface area contributed by atoms with E-state index in [-0.39, 0.29) is 5.91 Å². The second-order valence-corrected chi connectivity index (χ2v) is 4.27. The van der Waals surface area contributed by atoms with Crippen LogP contribution in [0, 0.1) is 0 Å². The fraction of sp³-hybridized carbons (Fsp3) is 0.188. The highest BCUT2D eigenvalue weighted by Gasteiger charge is 2.29. The molecule has 2 nitrogen and oxygen atoms in total. The van der Waals surface area contributed by atoms with Crippen molar-refractivity contribution in [3.63, 3.8) is 0 Å². The Balaban J connectivity index is 2.77. The average molecular weight is 295 g/mol. The average Bonchev–Trinajstić information content (AvgIpc) is 2.44. The molecule has 1 aromatic carbocycles. The van der Waals surface area contributed by atoms with Gasteiger partial charge in [-0.1, -0.05) is 24.3 Å². The highest BCUT2D eigenvalue weighted by molar-refractivity contribution is 5.92. The number of nitrogens with zero attached hydrogens (tertiary/aromatic N) is 1. The fourth-order valence-electron chi connectivity index (χ4n) is 1.62. The summed E-state index contributed by atoms with van der Waals surface area (Å²) in [7, 11) is 0. The summed E-state index contributed by atoms with van der Waals surface area (Å²) >= 11 is 0. The number of amides is 1. The van der Waals surface area contributed by atoms with Gasteiger partial charge in [-0.3, -0.25) is 4.79 Å². The lowest BCUT2D eigenvalue weighted by molar-refractivity contribution is -0.137. The Kier molecular flexibility index (Phi) is 5.96. The summed E-state index contributed by atoms with van der Waals surface area (Å²) < 4.78 is 37.2. The molecule has 0 atom stereocenters. The van der Waals surface area contributed by atoms with Crippen LogP contribution in [0.4, 0.5) is 13.2 Å². The molecule has 1 amide bonds. The summed E-state index contributed by atoms with van der Waals surface area (Å²) in [4.78, 5) is 13.4. The number of hydrogen-bond donors (Lipinski definition) is 0. The van der Waals surface area contributed by atoms with Crippen LogP contribution in [0.1, 0.15) is 11.1 Å². The molecule has 1 rings (SSSR count). The van der Waals surface area contributed by atoms with Gasteiger partial charge in [0.1, 0.15) is 0 Å². The zero-order chi connectivity index (χ0) is 15.9. The van der Waals surface area contributed by atoms with E-state index in [1.165, 1.54) is 29.2 Å². The van der Waals surface area contributed by atoms with Crippen LogP contribution in [-0.2, 0) is 11.0 Å². The van der Waals surface area contributed by atoms with Gasteiger partial charge in [0.25, 0.3) is 0 Å². The van der Waals surface area contributed by atoms with Crippen LogP contribution in [0.15, 0.2) is 55.7 Å². The first-order valence-corrected chi connectivity index (χ1v) is 6.24. The van der Waals surface area contributed by atoms with Gasteiger partial charge in [-0.15, -0.1) is 13.2 Å². The summed E-state index contributed by atoms with van der Waals surface area (Å²) in [6, 6.07) is 4.60. The van der Waals surface area contributed by atoms with Gasteiger partial charge in [-0.25, -0.2) is 0 Å². The van der Waals surface area contributed by atoms with Crippen LogP contribution in [-0.4, -0.2) is 23.9 Å². The first-order chi connectivity index (χ1) is 9.88. The lowest BCUT2D eigenvalue weighted by Gasteiger charge is -2.16. The van der Waals surface area contributed by atoms with Gasteiger partial charge in [-0.05, 0) is 23.8 Å². The molecule has 0 N–H and O–H groups in total. The summed E-state index contributed by atoms with van der Waals surface area (Å²) in [6.45, 7) is 7.87. The highest BCUT2D eigenvalue weighted by atomic mass is 19.4. The molecule has 0 bridgehead atoms. The standard InChI is InChI=1S/C16H16F3NO/c1-3-11-20(12-4-2)15(21)10-7-13-5-8-14(9-6-13)16(17,18)19/h3-10H,1-2,11-12H2/b10-7+. The van der Waals surface area contributed by atoms with E-state index in [0.717, 1.165) is 12.1 Å². The number of alkyl halides is 3. The predicted molar refractivity (Wildman–Crippen MR) is 77.5 cm³/mol. The zero-order valence-electron chi connectivity index (χ0n) is 11.4. The third kappa shape index (κ3) is 5.30. The van der Waals surface area contributed by atoms with E-state index in [4.69, 9.17) is 0 Å². The normalized spacial score (nSPS) is 11.4. The molecule has 0 aliphatic heterocycles. The summed E-state index contributed by atoms with van der Waals surface area (Å²) in [5.41, 5.74) is -0.195. The van der Waals surface area contributed by atoms with Crippen molar-refractivity contribution in [3.05, 3.63) is 66.8 Å². The van der Waals surface area contributed by atoms with E-state index in [9.17, 15) is 18.0 Å². The van der Waals surface area contributed by atoms with Gasteiger partial charge in [0.15, 0.2) is 0 Å². The summed E-state index contributed by atoms with van der Waals surface area (Å²) in [5.74, 6) is -0.255. The lowest BCUT2D eigenvalue weighted by atomic mass is 10.1. The van der Waals surface area contributed by atoms with Crippen LogP contribution in [0.5, 0.6) is 0 Å². The van der Waals surface area contributed by atoms with Crippen LogP contribution >= 0.6 is 0 Å². The van der Waals surface area contributed by atoms with Crippen molar-refractivity contribution in [3.8, 4) is 0 Å². The minimum atomic E-state index is -4.36. The van der Waals surface area contributed by atoms with Crippen LogP contribution in [0.3, 0.4) is 0 Å². The maximum Gasteiger partial charge on any atom is 0.416 e. The summed E-state index contributed by atoms with van der Waals surface area (Å²) in [6.07, 6.45) is 1.61. The maximum atomic E-state index is 12.4. The van der Waals surface area contributed by atoms with Crippen molar-refractivity contribution in [2.75, 3.05) is 13.1 Å². The van der Waals surface area contributed by atoms with Crippen molar-refractivity contribution in [1.29, 1.82) is 0 Å². The highest BCUT2D eigenvalue weighted by Crippen LogP contribution is 2.29. The predicted octanol–water partition coefficient (Wildman–Crippen LogP) is 3.92. The van der Waals surface area contributed by atoms with Crippen molar-refractivity contribution in [1.82, 2.24) is 4.90 Å². The van der Waals surface area contributed by atoms with Gasteiger partial charge < -0.3 is 4.90 Å². The summed E-state index contributed by atoms with van der Waals surface area (Å²) in [5, 5.41) is 0. The van der Waals surface area contributed by atoms with Crippen LogP contribution < -0.4 is 0 Å². The molecular formula is C16H16F3NO. The Morgan fingerprint density at radius 1 is 1.10 bits per heavy atom. The molecule has 0 saturated heterocycles. The van der Waals surface area contributed by atoms with Crippen molar-refractivity contribution < 1.29 is 18.0 Å². The second kappa shape index (κ2) is 7.47. The Hall–Kier alpha value is -2.30. The van der Waals surface area contributed by atoms with Gasteiger partial charge in [-0.2, -0.15) is 13.2 Å². The van der Waals surface area contributed by atoms with Crippen molar-refractivity contribution >= 4 is 12.0 Å². The molecule has 0 spiro atoms. The molecule has 21 heavy (non-hydrogen) atoms. The van der Waals surface area contributed by atoms with Crippen molar-refractivity contribution in [2.24, 2.45) is 0 Å². The molecule has 0 unspecified atom stereocenters. The van der Waals surface area contributed by atoms with E-state index in [1.807, 2.05) is 0 Å². The number of hydrogen-bond acceptors (Lipinski definition) is 1. The number of halogens is 3. The van der Waals surface area contributed by atoms with E-state index < -0.39 is 11.7 Å². The molecule has 0 aliphatic carbocycles. The molecule has 5 heteroatoms. The van der Waals surface area contributed by atoms with Gasteiger partial charge in [0.05, 0.1) is 5.56 Å². The van der Waals surface area contributed by atoms with E-state index in [0.29, 0.717) is 18.7 Å².